The summed E-state index contributed by atoms with van der Waals surface area (Å²) in [4.78, 5) is 52.3. The molecule has 1 aromatic carbocycles. The molecule has 2 rings (SSSR count). The molecule has 0 fully saturated rings. The smallest absolute Gasteiger partial charge is 0.326 e. The van der Waals surface area contributed by atoms with Crippen LogP contribution in [-0.4, -0.2) is 82.5 Å². The molecule has 0 aliphatic rings. The van der Waals surface area contributed by atoms with Gasteiger partial charge in [0.1, 0.15) is 12.1 Å². The lowest BCUT2D eigenvalue weighted by atomic mass is 10.0. The number of amides is 3. The van der Waals surface area contributed by atoms with Crippen LogP contribution in [0.4, 0.5) is 0 Å². The summed E-state index contributed by atoms with van der Waals surface area (Å²) in [6.45, 7) is -0.416. The van der Waals surface area contributed by atoms with Gasteiger partial charge in [-0.2, -0.15) is 23.5 Å². The van der Waals surface area contributed by atoms with Crippen molar-refractivity contribution < 1.29 is 24.3 Å². The van der Waals surface area contributed by atoms with E-state index in [0.29, 0.717) is 18.6 Å². The zero-order valence-corrected chi connectivity index (χ0v) is 21.5. The van der Waals surface area contributed by atoms with Crippen molar-refractivity contribution in [2.75, 3.05) is 30.6 Å². The van der Waals surface area contributed by atoms with Gasteiger partial charge in [-0.3, -0.25) is 14.4 Å². The van der Waals surface area contributed by atoms with Crippen molar-refractivity contribution in [1.82, 2.24) is 20.9 Å². The van der Waals surface area contributed by atoms with Gasteiger partial charge in [0.25, 0.3) is 0 Å². The molecule has 3 amide bonds. The molecule has 0 bridgehead atoms. The molecular formula is C23H33N5O5S2. The van der Waals surface area contributed by atoms with Crippen LogP contribution in [0.5, 0.6) is 0 Å². The van der Waals surface area contributed by atoms with Crippen LogP contribution >= 0.6 is 23.5 Å². The molecule has 0 aliphatic carbocycles. The summed E-state index contributed by atoms with van der Waals surface area (Å²) in [6.07, 6.45) is 6.46. The number of aromatic amines is 1. The summed E-state index contributed by atoms with van der Waals surface area (Å²) in [5.74, 6) is -1.43. The van der Waals surface area contributed by atoms with Crippen molar-refractivity contribution in [3.63, 3.8) is 0 Å². The minimum absolute atomic E-state index is 0.0827. The van der Waals surface area contributed by atoms with Gasteiger partial charge < -0.3 is 31.8 Å². The average molecular weight is 524 g/mol. The molecule has 35 heavy (non-hydrogen) atoms. The number of para-hydroxylation sites is 1. The Hall–Kier alpha value is -2.70. The SMILES string of the molecule is CSCCC(N)C(=O)NC(CCSC)C(=O)NCC(=O)NC(Cc1c[nH]c2ccccc12)C(=O)O. The largest absolute Gasteiger partial charge is 0.480 e. The fraction of sp³-hybridized carbons (Fsp3) is 0.478. The number of H-pyrrole nitrogens is 1. The number of aromatic nitrogens is 1. The second kappa shape index (κ2) is 14.6. The maximum absolute atomic E-state index is 12.7. The highest BCUT2D eigenvalue weighted by Crippen LogP contribution is 2.19. The Morgan fingerprint density at radius 2 is 1.69 bits per heavy atom. The lowest BCUT2D eigenvalue weighted by Gasteiger charge is -2.21. The van der Waals surface area contributed by atoms with Crippen LogP contribution < -0.4 is 21.7 Å². The van der Waals surface area contributed by atoms with Crippen molar-refractivity contribution in [3.05, 3.63) is 36.0 Å². The highest BCUT2D eigenvalue weighted by Gasteiger charge is 2.25. The Balaban J connectivity index is 1.93. The van der Waals surface area contributed by atoms with Crippen molar-refractivity contribution in [3.8, 4) is 0 Å². The summed E-state index contributed by atoms with van der Waals surface area (Å²) in [6, 6.07) is 4.74. The molecule has 0 spiro atoms. The number of nitrogens with two attached hydrogens (primary N) is 1. The van der Waals surface area contributed by atoms with Crippen LogP contribution in [0.3, 0.4) is 0 Å². The highest BCUT2D eigenvalue weighted by molar-refractivity contribution is 7.98. The Bertz CT molecular complexity index is 1020. The molecule has 7 N–H and O–H groups in total. The maximum Gasteiger partial charge on any atom is 0.326 e. The first-order chi connectivity index (χ1) is 16.8. The van der Waals surface area contributed by atoms with Crippen LogP contribution in [0.15, 0.2) is 30.5 Å². The van der Waals surface area contributed by atoms with E-state index in [9.17, 15) is 24.3 Å². The second-order valence-corrected chi connectivity index (χ2v) is 9.94. The summed E-state index contributed by atoms with van der Waals surface area (Å²) in [5, 5.41) is 18.1. The number of hydrogen-bond donors (Lipinski definition) is 6. The van der Waals surface area contributed by atoms with E-state index < -0.39 is 48.4 Å². The Morgan fingerprint density at radius 1 is 1.00 bits per heavy atom. The summed E-state index contributed by atoms with van der Waals surface area (Å²) in [5.41, 5.74) is 7.52. The van der Waals surface area contributed by atoms with Crippen molar-refractivity contribution in [2.24, 2.45) is 5.73 Å². The third-order valence-electron chi connectivity index (χ3n) is 5.37. The van der Waals surface area contributed by atoms with E-state index in [1.165, 1.54) is 11.8 Å². The van der Waals surface area contributed by atoms with Crippen LogP contribution in [-0.2, 0) is 25.6 Å². The maximum atomic E-state index is 12.7. The molecule has 0 saturated carbocycles. The lowest BCUT2D eigenvalue weighted by Crippen LogP contribution is -2.53. The molecule has 10 nitrogen and oxygen atoms in total. The van der Waals surface area contributed by atoms with E-state index in [1.807, 2.05) is 36.8 Å². The predicted octanol–water partition coefficient (Wildman–Crippen LogP) is 0.714. The number of thioether (sulfide) groups is 2. The number of carboxylic acid groups (broad SMARTS) is 1. The van der Waals surface area contributed by atoms with Crippen LogP contribution in [0.25, 0.3) is 10.9 Å². The number of carbonyl (C=O) groups is 4. The Morgan fingerprint density at radius 3 is 2.37 bits per heavy atom. The van der Waals surface area contributed by atoms with Crippen LogP contribution in [0.1, 0.15) is 18.4 Å². The van der Waals surface area contributed by atoms with Crippen LogP contribution in [0, 0.1) is 0 Å². The van der Waals surface area contributed by atoms with Gasteiger partial charge in [-0.05, 0) is 48.5 Å². The molecule has 1 heterocycles. The van der Waals surface area contributed by atoms with E-state index in [2.05, 4.69) is 20.9 Å². The van der Waals surface area contributed by atoms with Gasteiger partial charge in [-0.15, -0.1) is 0 Å². The number of fused-ring (bicyclic) bond motifs is 1. The highest BCUT2D eigenvalue weighted by atomic mass is 32.2. The lowest BCUT2D eigenvalue weighted by molar-refractivity contribution is -0.141. The zero-order valence-electron chi connectivity index (χ0n) is 19.8. The third-order valence-corrected chi connectivity index (χ3v) is 6.66. The quantitative estimate of drug-likeness (QED) is 0.199. The van der Waals surface area contributed by atoms with E-state index >= 15 is 0 Å². The normalized spacial score (nSPS) is 13.6. The average Bonchev–Trinajstić information content (AvgIpc) is 3.25. The number of nitrogens with one attached hydrogen (secondary N) is 4. The first kappa shape index (κ1) is 28.5. The molecule has 192 valence electrons. The van der Waals surface area contributed by atoms with E-state index in [-0.39, 0.29) is 6.42 Å². The first-order valence-corrected chi connectivity index (χ1v) is 13.9. The van der Waals surface area contributed by atoms with Gasteiger partial charge in [-0.25, -0.2) is 4.79 Å². The van der Waals surface area contributed by atoms with Gasteiger partial charge in [-0.1, -0.05) is 18.2 Å². The van der Waals surface area contributed by atoms with Gasteiger partial charge in [0.05, 0.1) is 12.6 Å². The summed E-state index contributed by atoms with van der Waals surface area (Å²) in [7, 11) is 0. The molecular weight excluding hydrogens is 490 g/mol. The Labute approximate surface area is 212 Å². The summed E-state index contributed by atoms with van der Waals surface area (Å²) < 4.78 is 0. The number of benzene rings is 1. The van der Waals surface area contributed by atoms with E-state index in [1.54, 1.807) is 18.0 Å². The minimum Gasteiger partial charge on any atom is -0.480 e. The zero-order chi connectivity index (χ0) is 25.8. The Kier molecular flexibility index (Phi) is 11.9. The van der Waals surface area contributed by atoms with Gasteiger partial charge >= 0.3 is 5.97 Å². The summed E-state index contributed by atoms with van der Waals surface area (Å²) >= 11 is 3.10. The van der Waals surface area contributed by atoms with E-state index in [4.69, 9.17) is 5.73 Å². The molecule has 3 atom stereocenters. The molecule has 0 saturated heterocycles. The molecule has 12 heteroatoms. The first-order valence-electron chi connectivity index (χ1n) is 11.2. The molecule has 0 radical (unpaired) electrons. The van der Waals surface area contributed by atoms with Gasteiger partial charge in [0.2, 0.25) is 17.7 Å². The van der Waals surface area contributed by atoms with Crippen molar-refractivity contribution in [2.45, 2.75) is 37.4 Å². The van der Waals surface area contributed by atoms with Gasteiger partial charge in [0, 0.05) is 23.5 Å². The fourth-order valence-corrected chi connectivity index (χ4v) is 4.38. The fourth-order valence-electron chi connectivity index (χ4n) is 3.42. The van der Waals surface area contributed by atoms with Crippen molar-refractivity contribution in [1.29, 1.82) is 0 Å². The molecule has 0 aliphatic heterocycles. The topological polar surface area (TPSA) is 166 Å². The van der Waals surface area contributed by atoms with E-state index in [0.717, 1.165) is 22.2 Å². The number of aliphatic carboxylic acids is 1. The third kappa shape index (κ3) is 9.11. The number of hydrogen-bond acceptors (Lipinski definition) is 7. The second-order valence-electron chi connectivity index (χ2n) is 7.97. The monoisotopic (exact) mass is 523 g/mol. The van der Waals surface area contributed by atoms with Gasteiger partial charge in [0.15, 0.2) is 0 Å². The van der Waals surface area contributed by atoms with Crippen LogP contribution in [0.2, 0.25) is 0 Å². The molecule has 1 aromatic heterocycles. The number of carboxylic acids is 1. The van der Waals surface area contributed by atoms with Crippen molar-refractivity contribution >= 4 is 58.1 Å². The minimum atomic E-state index is -1.18. The standard InChI is InChI=1S/C23H33N5O5S2/c1-34-9-7-16(24)21(30)28-18(8-10-35-2)22(31)26-13-20(29)27-19(23(32)33)11-14-12-25-17-6-4-3-5-15(14)17/h3-6,12,16,18-19,25H,7-11,13,24H2,1-2H3,(H,26,31)(H,27,29)(H,28,30)(H,32,33). The number of carbonyl (C=O) groups excluding carboxylic acids is 3. The predicted molar refractivity (Wildman–Crippen MR) is 140 cm³/mol. The molecule has 3 unspecified atom stereocenters. The molecule has 2 aromatic rings. The number of rotatable bonds is 15.